The lowest BCUT2D eigenvalue weighted by molar-refractivity contribution is 0.668. The maximum absolute atomic E-state index is 12.9. The van der Waals surface area contributed by atoms with E-state index in [0.29, 0.717) is 33.5 Å². The molecule has 0 fully saturated rings. The maximum Gasteiger partial charge on any atom is 0.157 e. The summed E-state index contributed by atoms with van der Waals surface area (Å²) >= 11 is 0. The van der Waals surface area contributed by atoms with Crippen LogP contribution >= 0.6 is 0 Å². The highest BCUT2D eigenvalue weighted by atomic mass is 16.3. The Bertz CT molecular complexity index is 5590. The van der Waals surface area contributed by atoms with Gasteiger partial charge in [-0.1, -0.05) is 267 Å². The molecular formula is C86H52N4O. The third kappa shape index (κ3) is 8.53. The van der Waals surface area contributed by atoms with Crippen LogP contribution in [-0.2, 0) is 0 Å². The van der Waals surface area contributed by atoms with Gasteiger partial charge in [0.15, 0.2) is 5.58 Å². The number of aromatic nitrogens is 2. The Morgan fingerprint density at radius 2 is 0.505 bits per heavy atom. The van der Waals surface area contributed by atoms with E-state index in [1.54, 1.807) is 0 Å². The molecule has 17 rings (SSSR count). The summed E-state index contributed by atoms with van der Waals surface area (Å²) in [5.41, 5.74) is 22.2. The zero-order valence-electron chi connectivity index (χ0n) is 49.2. The zero-order valence-corrected chi connectivity index (χ0v) is 49.2. The molecule has 5 nitrogen and oxygen atoms in total. The van der Waals surface area contributed by atoms with E-state index in [2.05, 4.69) is 306 Å². The maximum atomic E-state index is 12.9. The molecule has 0 amide bonds. The van der Waals surface area contributed by atoms with Crippen molar-refractivity contribution in [1.82, 2.24) is 9.13 Å². The normalized spacial score (nSPS) is 11.5. The molecule has 3 aromatic heterocycles. The summed E-state index contributed by atoms with van der Waals surface area (Å²) in [5.74, 6) is 0. The number of hydrogen-bond donors (Lipinski definition) is 0. The molecule has 0 atom stereocenters. The molecule has 0 saturated heterocycles. The van der Waals surface area contributed by atoms with Crippen LogP contribution in [0.4, 0.5) is 0 Å². The van der Waals surface area contributed by atoms with Crippen molar-refractivity contribution in [2.24, 2.45) is 0 Å². The number of nitriles is 2. The van der Waals surface area contributed by atoms with Crippen molar-refractivity contribution in [3.63, 3.8) is 0 Å². The Morgan fingerprint density at radius 3 is 0.824 bits per heavy atom. The van der Waals surface area contributed by atoms with Crippen LogP contribution in [0.15, 0.2) is 320 Å². The number of rotatable bonds is 10. The molecule has 17 aromatic rings. The average molecular weight is 1160 g/mol. The predicted molar refractivity (Wildman–Crippen MR) is 375 cm³/mol. The fourth-order valence-electron chi connectivity index (χ4n) is 14.2. The first-order valence-electron chi connectivity index (χ1n) is 30.7. The Morgan fingerprint density at radius 1 is 0.231 bits per heavy atom. The number of fused-ring (bicyclic) bond motifs is 9. The third-order valence-electron chi connectivity index (χ3n) is 18.2. The van der Waals surface area contributed by atoms with E-state index in [9.17, 15) is 10.5 Å². The van der Waals surface area contributed by atoms with Crippen molar-refractivity contribution in [1.29, 1.82) is 10.5 Å². The van der Waals surface area contributed by atoms with Crippen molar-refractivity contribution in [2.75, 3.05) is 0 Å². The van der Waals surface area contributed by atoms with E-state index in [-0.39, 0.29) is 5.56 Å². The van der Waals surface area contributed by atoms with Crippen molar-refractivity contribution in [3.8, 4) is 113 Å². The second kappa shape index (κ2) is 21.7. The van der Waals surface area contributed by atoms with Crippen molar-refractivity contribution >= 4 is 65.6 Å². The van der Waals surface area contributed by atoms with Gasteiger partial charge in [-0.05, 0) is 121 Å². The van der Waals surface area contributed by atoms with E-state index in [1.807, 2.05) is 30.3 Å². The quantitative estimate of drug-likeness (QED) is 0.137. The first kappa shape index (κ1) is 52.8. The summed E-state index contributed by atoms with van der Waals surface area (Å²) < 4.78 is 12.4. The summed E-state index contributed by atoms with van der Waals surface area (Å²) in [5, 5.41) is 30.8. The summed E-state index contributed by atoms with van der Waals surface area (Å²) in [6.07, 6.45) is 0. The standard InChI is InChI=1S/C86H52N4O/c87-53-71-83(89-73-45-41-63(55-25-9-1-10-26-55)49-67(73)68-50-64(42-46-74(68)89)56-27-11-2-12-28-56)72(54-88)85-82(84(71)90-75-47-43-65(57-29-13-3-14-30-57)51-69(75)70-52-66(44-48-76(70)90)58-31-15-4-16-32-58)81-79(61-37-21-7-22-38-61)77(59-33-17-5-18-34-59)78(60-35-19-6-20-36-60)80(86(81)91-85)62-39-23-8-24-40-62/h1-52H. The molecule has 0 unspecified atom stereocenters. The fraction of sp³-hybridized carbons (Fsp3) is 0. The topological polar surface area (TPSA) is 70.6 Å². The lowest BCUT2D eigenvalue weighted by atomic mass is 9.80. The van der Waals surface area contributed by atoms with E-state index in [1.165, 1.54) is 0 Å². The van der Waals surface area contributed by atoms with Gasteiger partial charge in [-0.2, -0.15) is 10.5 Å². The van der Waals surface area contributed by atoms with Crippen LogP contribution in [0, 0.1) is 22.7 Å². The highest BCUT2D eigenvalue weighted by molar-refractivity contribution is 6.28. The molecule has 0 N–H and O–H groups in total. The minimum atomic E-state index is 0.239. The molecule has 0 aliphatic heterocycles. The van der Waals surface area contributed by atoms with E-state index in [4.69, 9.17) is 4.42 Å². The summed E-state index contributed by atoms with van der Waals surface area (Å²) in [7, 11) is 0. The molecule has 0 saturated carbocycles. The molecule has 0 aliphatic rings. The van der Waals surface area contributed by atoms with Crippen LogP contribution in [0.2, 0.25) is 0 Å². The summed E-state index contributed by atoms with van der Waals surface area (Å²) in [4.78, 5) is 0. The van der Waals surface area contributed by atoms with Gasteiger partial charge in [0, 0.05) is 43.6 Å². The first-order valence-corrected chi connectivity index (χ1v) is 30.7. The predicted octanol–water partition coefficient (Wildman–Crippen LogP) is 22.9. The second-order valence-corrected chi connectivity index (χ2v) is 23.2. The molecule has 0 spiro atoms. The molecular weight excluding hydrogens is 1100 g/mol. The van der Waals surface area contributed by atoms with Gasteiger partial charge in [-0.3, -0.25) is 0 Å². The van der Waals surface area contributed by atoms with E-state index < -0.39 is 0 Å². The number of hydrogen-bond acceptors (Lipinski definition) is 3. The first-order chi connectivity index (χ1) is 45.1. The molecule has 3 heterocycles. The molecule has 0 radical (unpaired) electrons. The summed E-state index contributed by atoms with van der Waals surface area (Å²) in [6.45, 7) is 0. The second-order valence-electron chi connectivity index (χ2n) is 23.2. The van der Waals surface area contributed by atoms with Crippen LogP contribution in [0.5, 0.6) is 0 Å². The van der Waals surface area contributed by atoms with Crippen LogP contribution in [0.1, 0.15) is 11.1 Å². The lowest BCUT2D eigenvalue weighted by Crippen LogP contribution is -2.08. The number of furan rings is 1. The van der Waals surface area contributed by atoms with Crippen LogP contribution < -0.4 is 0 Å². The van der Waals surface area contributed by atoms with Gasteiger partial charge in [0.05, 0.1) is 38.8 Å². The molecule has 5 heteroatoms. The Hall–Kier alpha value is -12.5. The Labute approximate surface area is 525 Å². The van der Waals surface area contributed by atoms with Crippen LogP contribution in [-0.4, -0.2) is 9.13 Å². The molecule has 422 valence electrons. The monoisotopic (exact) mass is 1160 g/mol. The van der Waals surface area contributed by atoms with Crippen molar-refractivity contribution in [2.45, 2.75) is 0 Å². The smallest absolute Gasteiger partial charge is 0.157 e. The average Bonchev–Trinajstić information content (AvgIpc) is 1.58. The minimum Gasteiger partial charge on any atom is -0.454 e. The van der Waals surface area contributed by atoms with Crippen LogP contribution in [0.25, 0.3) is 166 Å². The third-order valence-corrected chi connectivity index (χ3v) is 18.2. The number of benzene rings is 14. The van der Waals surface area contributed by atoms with Crippen LogP contribution in [0.3, 0.4) is 0 Å². The van der Waals surface area contributed by atoms with Gasteiger partial charge in [0.25, 0.3) is 0 Å². The minimum absolute atomic E-state index is 0.239. The van der Waals surface area contributed by atoms with Gasteiger partial charge in [-0.25, -0.2) is 0 Å². The molecule has 14 aromatic carbocycles. The van der Waals surface area contributed by atoms with Gasteiger partial charge in [0.1, 0.15) is 28.8 Å². The largest absolute Gasteiger partial charge is 0.454 e. The fourth-order valence-corrected chi connectivity index (χ4v) is 14.2. The Balaban J connectivity index is 1.13. The SMILES string of the molecule is N#Cc1c(-n2c3ccc(-c4ccccc4)cc3c3cc(-c4ccccc4)ccc32)c(C#N)c2oc3c(-c4ccccc4)c(-c4ccccc4)c(-c4ccccc4)c(-c4ccccc4)c3c2c1-n1c2ccc(-c3ccccc3)cc2c2cc(-c3ccccc3)ccc21. The van der Waals surface area contributed by atoms with E-state index >= 15 is 0 Å². The van der Waals surface area contributed by atoms with Crippen molar-refractivity contribution < 1.29 is 4.42 Å². The van der Waals surface area contributed by atoms with Crippen molar-refractivity contribution in [3.05, 3.63) is 327 Å². The van der Waals surface area contributed by atoms with Gasteiger partial charge >= 0.3 is 0 Å². The van der Waals surface area contributed by atoms with E-state index in [0.717, 1.165) is 138 Å². The zero-order chi connectivity index (χ0) is 60.5. The molecule has 0 bridgehead atoms. The number of nitrogens with zero attached hydrogens (tertiary/aromatic N) is 4. The van der Waals surface area contributed by atoms with Gasteiger partial charge in [0.2, 0.25) is 0 Å². The Kier molecular flexibility index (Phi) is 12.6. The lowest BCUT2D eigenvalue weighted by Gasteiger charge is -2.23. The highest BCUT2D eigenvalue weighted by Gasteiger charge is 2.35. The van der Waals surface area contributed by atoms with Gasteiger partial charge in [-0.15, -0.1) is 0 Å². The molecule has 0 aliphatic carbocycles. The molecule has 91 heavy (non-hydrogen) atoms. The highest BCUT2D eigenvalue weighted by Crippen LogP contribution is 2.57. The van der Waals surface area contributed by atoms with Gasteiger partial charge < -0.3 is 13.6 Å². The summed E-state index contributed by atoms with van der Waals surface area (Å²) in [6, 6.07) is 116.